The van der Waals surface area contributed by atoms with Crippen LogP contribution in [0.4, 0.5) is 0 Å². The van der Waals surface area contributed by atoms with Gasteiger partial charge in [-0.3, -0.25) is 0 Å². The zero-order valence-electron chi connectivity index (χ0n) is 12.4. The third kappa shape index (κ3) is 4.67. The zero-order chi connectivity index (χ0) is 14.4. The predicted octanol–water partition coefficient (Wildman–Crippen LogP) is 4.19. The molecule has 1 aliphatic heterocycles. The number of thiocarbonyl (C=S) groups is 1. The molecule has 1 aromatic rings. The van der Waals surface area contributed by atoms with E-state index in [1.54, 1.807) is 11.8 Å². The topological polar surface area (TPSA) is 12.5 Å². The molecule has 0 aliphatic carbocycles. The number of benzene rings is 1. The number of hydrogen-bond donors (Lipinski definition) is 0. The van der Waals surface area contributed by atoms with Crippen LogP contribution in [0.5, 0.6) is 5.75 Å². The van der Waals surface area contributed by atoms with E-state index in [1.807, 2.05) is 0 Å². The minimum absolute atomic E-state index is 0.764. The first-order chi connectivity index (χ1) is 9.66. The lowest BCUT2D eigenvalue weighted by Crippen LogP contribution is -2.23. The van der Waals surface area contributed by atoms with Crippen molar-refractivity contribution in [3.05, 3.63) is 29.3 Å². The van der Waals surface area contributed by atoms with Crippen molar-refractivity contribution in [1.29, 1.82) is 0 Å². The predicted molar refractivity (Wildman–Crippen MR) is 91.9 cm³/mol. The summed E-state index contributed by atoms with van der Waals surface area (Å²) in [6, 6.07) is 6.34. The highest BCUT2D eigenvalue weighted by Gasteiger charge is 2.14. The number of hydrogen-bond acceptors (Lipinski definition) is 3. The molecule has 0 radical (unpaired) electrons. The van der Waals surface area contributed by atoms with Crippen LogP contribution in [0.1, 0.15) is 30.4 Å². The summed E-state index contributed by atoms with van der Waals surface area (Å²) in [6.45, 7) is 7.23. The Balaban J connectivity index is 1.64. The summed E-state index contributed by atoms with van der Waals surface area (Å²) in [7, 11) is 0. The molecule has 0 amide bonds. The first kappa shape index (κ1) is 15.6. The third-order valence-corrected chi connectivity index (χ3v) is 5.09. The highest BCUT2D eigenvalue weighted by molar-refractivity contribution is 8.22. The van der Waals surface area contributed by atoms with Crippen molar-refractivity contribution in [2.24, 2.45) is 0 Å². The monoisotopic (exact) mass is 309 g/mol. The molecular formula is C16H23NOS2. The molecule has 0 atom stereocenters. The zero-order valence-corrected chi connectivity index (χ0v) is 14.0. The van der Waals surface area contributed by atoms with Gasteiger partial charge >= 0.3 is 0 Å². The highest BCUT2D eigenvalue weighted by atomic mass is 32.2. The van der Waals surface area contributed by atoms with Crippen LogP contribution in [0, 0.1) is 13.8 Å². The van der Waals surface area contributed by atoms with Gasteiger partial charge < -0.3 is 9.64 Å². The van der Waals surface area contributed by atoms with E-state index in [2.05, 4.69) is 36.9 Å². The minimum Gasteiger partial charge on any atom is -0.493 e. The van der Waals surface area contributed by atoms with E-state index in [9.17, 15) is 0 Å². The van der Waals surface area contributed by atoms with E-state index >= 15 is 0 Å². The molecule has 4 heteroatoms. The normalized spacial score (nSPS) is 14.6. The summed E-state index contributed by atoms with van der Waals surface area (Å²) in [5, 5.41) is 0. The summed E-state index contributed by atoms with van der Waals surface area (Å²) in [4.78, 5) is 2.32. The Kier molecular flexibility index (Phi) is 6.17. The molecule has 110 valence electrons. The molecule has 2 nitrogen and oxygen atoms in total. The quantitative estimate of drug-likeness (QED) is 0.597. The van der Waals surface area contributed by atoms with Crippen LogP contribution < -0.4 is 4.74 Å². The highest BCUT2D eigenvalue weighted by Crippen LogP contribution is 2.20. The van der Waals surface area contributed by atoms with E-state index in [4.69, 9.17) is 17.0 Å². The van der Waals surface area contributed by atoms with E-state index < -0.39 is 0 Å². The summed E-state index contributed by atoms with van der Waals surface area (Å²) in [5.74, 6) is 2.05. The molecule has 1 aliphatic rings. The maximum Gasteiger partial charge on any atom is 0.136 e. The Hall–Kier alpha value is -0.740. The largest absolute Gasteiger partial charge is 0.493 e. The lowest BCUT2D eigenvalue weighted by molar-refractivity contribution is 0.316. The number of nitrogens with zero attached hydrogens (tertiary/aromatic N) is 1. The van der Waals surface area contributed by atoms with E-state index in [0.717, 1.165) is 41.9 Å². The Bertz CT molecular complexity index is 456. The first-order valence-corrected chi connectivity index (χ1v) is 8.68. The average Bonchev–Trinajstić information content (AvgIpc) is 2.96. The van der Waals surface area contributed by atoms with Crippen molar-refractivity contribution in [1.82, 2.24) is 4.90 Å². The molecule has 0 unspecified atom stereocenters. The molecule has 20 heavy (non-hydrogen) atoms. The molecule has 0 saturated carbocycles. The summed E-state index contributed by atoms with van der Waals surface area (Å²) in [5.41, 5.74) is 2.45. The minimum atomic E-state index is 0.764. The van der Waals surface area contributed by atoms with Gasteiger partial charge in [0.15, 0.2) is 0 Å². The fourth-order valence-corrected chi connectivity index (χ4v) is 3.49. The van der Waals surface area contributed by atoms with Gasteiger partial charge in [-0.1, -0.05) is 36.1 Å². The van der Waals surface area contributed by atoms with Crippen molar-refractivity contribution in [2.45, 2.75) is 33.1 Å². The van der Waals surface area contributed by atoms with Crippen molar-refractivity contribution in [3.63, 3.8) is 0 Å². The van der Waals surface area contributed by atoms with Crippen molar-refractivity contribution in [2.75, 3.05) is 25.4 Å². The van der Waals surface area contributed by atoms with Gasteiger partial charge in [-0.15, -0.1) is 0 Å². The van der Waals surface area contributed by atoms with E-state index in [0.29, 0.717) is 0 Å². The van der Waals surface area contributed by atoms with Crippen LogP contribution in [-0.4, -0.2) is 34.7 Å². The summed E-state index contributed by atoms with van der Waals surface area (Å²) in [6.07, 6.45) is 3.61. The van der Waals surface area contributed by atoms with Crippen LogP contribution in [0.25, 0.3) is 0 Å². The summed E-state index contributed by atoms with van der Waals surface area (Å²) >= 11 is 7.24. The molecule has 1 saturated heterocycles. The second-order valence-corrected chi connectivity index (χ2v) is 7.01. The van der Waals surface area contributed by atoms with E-state index in [-0.39, 0.29) is 0 Å². The van der Waals surface area contributed by atoms with Crippen LogP contribution in [0.3, 0.4) is 0 Å². The molecule has 0 aromatic heterocycles. The van der Waals surface area contributed by atoms with Gasteiger partial charge in [0.2, 0.25) is 0 Å². The van der Waals surface area contributed by atoms with Gasteiger partial charge in [0, 0.05) is 18.8 Å². The lowest BCUT2D eigenvalue weighted by Gasteiger charge is -2.17. The van der Waals surface area contributed by atoms with Gasteiger partial charge in [0.05, 0.1) is 6.61 Å². The fourth-order valence-electron chi connectivity index (χ4n) is 2.25. The van der Waals surface area contributed by atoms with E-state index in [1.165, 1.54) is 24.0 Å². The standard InChI is InChI=1S/C16H23NOS2/c1-13-6-7-14(2)15(12-13)18-10-5-11-20-16(19)17-8-3-4-9-17/h6-7,12H,3-5,8-11H2,1-2H3. The molecule has 0 spiro atoms. The number of aryl methyl sites for hydroxylation is 2. The van der Waals surface area contributed by atoms with Crippen LogP contribution in [-0.2, 0) is 0 Å². The number of ether oxygens (including phenoxy) is 1. The van der Waals surface area contributed by atoms with Gasteiger partial charge in [-0.2, -0.15) is 0 Å². The van der Waals surface area contributed by atoms with Crippen molar-refractivity contribution >= 4 is 28.3 Å². The molecule has 1 heterocycles. The van der Waals surface area contributed by atoms with Crippen LogP contribution in [0.2, 0.25) is 0 Å². The Morgan fingerprint density at radius 2 is 2.05 bits per heavy atom. The second kappa shape index (κ2) is 7.89. The van der Waals surface area contributed by atoms with Gasteiger partial charge in [0.25, 0.3) is 0 Å². The maximum absolute atomic E-state index is 5.85. The first-order valence-electron chi connectivity index (χ1n) is 7.28. The van der Waals surface area contributed by atoms with Gasteiger partial charge in [0.1, 0.15) is 10.1 Å². The molecule has 0 N–H and O–H groups in total. The molecule has 1 aromatic carbocycles. The van der Waals surface area contributed by atoms with Crippen molar-refractivity contribution in [3.8, 4) is 5.75 Å². The third-order valence-electron chi connectivity index (χ3n) is 3.48. The van der Waals surface area contributed by atoms with Crippen LogP contribution in [0.15, 0.2) is 18.2 Å². The number of likely N-dealkylation sites (tertiary alicyclic amines) is 1. The molecule has 2 rings (SSSR count). The second-order valence-electron chi connectivity index (χ2n) is 5.28. The van der Waals surface area contributed by atoms with Gasteiger partial charge in [-0.25, -0.2) is 0 Å². The molecular weight excluding hydrogens is 286 g/mol. The maximum atomic E-state index is 5.85. The molecule has 0 bridgehead atoms. The number of rotatable bonds is 5. The average molecular weight is 310 g/mol. The van der Waals surface area contributed by atoms with Gasteiger partial charge in [-0.05, 0) is 50.3 Å². The SMILES string of the molecule is Cc1ccc(C)c(OCCCSC(=S)N2CCCC2)c1. The molecule has 1 fully saturated rings. The Morgan fingerprint density at radius 1 is 1.30 bits per heavy atom. The van der Waals surface area contributed by atoms with Crippen molar-refractivity contribution < 1.29 is 4.74 Å². The van der Waals surface area contributed by atoms with Crippen LogP contribution >= 0.6 is 24.0 Å². The fraction of sp³-hybridized carbons (Fsp3) is 0.562. The smallest absolute Gasteiger partial charge is 0.136 e. The lowest BCUT2D eigenvalue weighted by atomic mass is 10.1. The summed E-state index contributed by atoms with van der Waals surface area (Å²) < 4.78 is 6.92. The Morgan fingerprint density at radius 3 is 2.80 bits per heavy atom. The Labute approximate surface area is 131 Å². The number of thioether (sulfide) groups is 1.